The van der Waals surface area contributed by atoms with Crippen molar-refractivity contribution >= 4 is 69.2 Å². The van der Waals surface area contributed by atoms with Gasteiger partial charge in [-0.2, -0.15) is 0 Å². The zero-order valence-corrected chi connectivity index (χ0v) is 29.4. The summed E-state index contributed by atoms with van der Waals surface area (Å²) in [4.78, 5) is 93.5. The number of pyridine rings is 1. The summed E-state index contributed by atoms with van der Waals surface area (Å²) < 4.78 is 0. The number of hydrogen-bond acceptors (Lipinski definition) is 10. The van der Waals surface area contributed by atoms with Crippen LogP contribution in [0.2, 0.25) is 0 Å². The Hall–Kier alpha value is -7.22. The van der Waals surface area contributed by atoms with Crippen molar-refractivity contribution in [3.8, 4) is 11.1 Å². The summed E-state index contributed by atoms with van der Waals surface area (Å²) in [7, 11) is 0. The second kappa shape index (κ2) is 15.4. The van der Waals surface area contributed by atoms with Crippen molar-refractivity contribution in [1.82, 2.24) is 20.5 Å². The lowest BCUT2D eigenvalue weighted by atomic mass is 9.99. The first-order valence-electron chi connectivity index (χ1n) is 17.6. The fourth-order valence-corrected chi connectivity index (χ4v) is 6.71. The molecule has 1 fully saturated rings. The number of fused-ring (bicyclic) bond motifs is 2. The topological polar surface area (TPSA) is 210 Å². The van der Waals surface area contributed by atoms with Gasteiger partial charge >= 0.3 is 0 Å². The number of nitrogens with one attached hydrogen (secondary N) is 4. The molecule has 0 saturated carbocycles. The summed E-state index contributed by atoms with van der Waals surface area (Å²) >= 11 is 0. The van der Waals surface area contributed by atoms with Crippen LogP contribution >= 0.6 is 0 Å². The van der Waals surface area contributed by atoms with Crippen LogP contribution in [0.15, 0.2) is 97.2 Å². The molecular weight excluding hydrogens is 702 g/mol. The Balaban J connectivity index is 0.926. The van der Waals surface area contributed by atoms with Crippen LogP contribution < -0.4 is 27.0 Å². The molecule has 7 rings (SSSR count). The molecule has 5 aromatic rings. The third-order valence-corrected chi connectivity index (χ3v) is 9.52. The normalized spacial score (nSPS) is 15.1. The van der Waals surface area contributed by atoms with Gasteiger partial charge in [-0.1, -0.05) is 42.5 Å². The number of hydrogen-bond donors (Lipinski definition) is 5. The van der Waals surface area contributed by atoms with Gasteiger partial charge in [-0.15, -0.1) is 0 Å². The molecule has 14 nitrogen and oxygen atoms in total. The molecule has 0 bridgehead atoms. The van der Waals surface area contributed by atoms with Gasteiger partial charge in [-0.05, 0) is 72.5 Å². The molecule has 55 heavy (non-hydrogen) atoms. The van der Waals surface area contributed by atoms with Gasteiger partial charge in [0.05, 0.1) is 34.4 Å². The highest BCUT2D eigenvalue weighted by atomic mass is 16.2. The number of nitrogens with two attached hydrogens (primary N) is 1. The van der Waals surface area contributed by atoms with Crippen molar-refractivity contribution in [2.24, 2.45) is 5.73 Å². The van der Waals surface area contributed by atoms with Crippen molar-refractivity contribution in [2.45, 2.75) is 31.7 Å². The summed E-state index contributed by atoms with van der Waals surface area (Å²) in [5.74, 6) is -3.55. The van der Waals surface area contributed by atoms with E-state index in [1.54, 1.807) is 24.3 Å². The number of piperidine rings is 1. The van der Waals surface area contributed by atoms with Crippen LogP contribution in [-0.2, 0) is 14.4 Å². The molecule has 0 aliphatic carbocycles. The van der Waals surface area contributed by atoms with E-state index in [9.17, 15) is 33.6 Å². The minimum atomic E-state index is -1.09. The monoisotopic (exact) mass is 737 g/mol. The number of Topliss-reactive ketones (excluding diaryl/α,β-unsaturated/α-hetero) is 1. The number of aromatic nitrogens is 1. The van der Waals surface area contributed by atoms with Gasteiger partial charge in [0.2, 0.25) is 11.8 Å². The first-order valence-corrected chi connectivity index (χ1v) is 17.6. The summed E-state index contributed by atoms with van der Waals surface area (Å²) in [6.07, 6.45) is 2.03. The molecule has 6 amide bonds. The van der Waals surface area contributed by atoms with Crippen molar-refractivity contribution in [2.75, 3.05) is 23.7 Å². The number of benzene rings is 4. The van der Waals surface area contributed by atoms with Crippen molar-refractivity contribution in [3.05, 3.63) is 119 Å². The maximum Gasteiger partial charge on any atom is 0.264 e. The molecular formula is C41H35N7O7. The summed E-state index contributed by atoms with van der Waals surface area (Å²) in [6, 6.07) is 25.7. The van der Waals surface area contributed by atoms with Gasteiger partial charge in [0, 0.05) is 47.9 Å². The fourth-order valence-electron chi connectivity index (χ4n) is 6.71. The van der Waals surface area contributed by atoms with E-state index in [0.717, 1.165) is 21.7 Å². The Morgan fingerprint density at radius 2 is 1.64 bits per heavy atom. The van der Waals surface area contributed by atoms with Crippen LogP contribution in [0.3, 0.4) is 0 Å². The molecule has 1 aromatic heterocycles. The quantitative estimate of drug-likeness (QED) is 0.0853. The Labute approximate surface area is 314 Å². The third kappa shape index (κ3) is 7.51. The third-order valence-electron chi connectivity index (χ3n) is 9.52. The molecule has 2 aliphatic heterocycles. The molecule has 1 unspecified atom stereocenters. The zero-order valence-electron chi connectivity index (χ0n) is 29.4. The number of imide groups is 2. The van der Waals surface area contributed by atoms with E-state index < -0.39 is 35.6 Å². The number of anilines is 3. The predicted molar refractivity (Wildman–Crippen MR) is 204 cm³/mol. The standard InChI is InChI=1S/C41H35N7O7/c42-37(51)30-22-45-31-16-15-25(20-29(31)36(30)46-26-6-2-1-3-7-26)23-11-13-24(14-12-23)38(52)43-19-5-8-27(49)21-44-32-10-4-9-28-35(32)41(55)48(40(28)54)33-17-18-34(50)47-39(33)53/h1-4,6-7,9-16,20,22,33,44H,5,8,17-19,21H2,(H2,42,51)(H,43,52)(H,45,46)(H,47,50,53). The SMILES string of the molecule is NC(=O)c1cnc2ccc(-c3ccc(C(=O)NCCCC(=O)CNc4cccc5c4C(=O)N(C4CCC(=O)NC4=O)C5=O)cc3)cc2c1Nc1ccccc1. The van der Waals surface area contributed by atoms with E-state index in [0.29, 0.717) is 28.6 Å². The van der Waals surface area contributed by atoms with Gasteiger partial charge in [0.15, 0.2) is 5.78 Å². The van der Waals surface area contributed by atoms with E-state index in [1.165, 1.54) is 12.3 Å². The van der Waals surface area contributed by atoms with Crippen LogP contribution in [0.5, 0.6) is 0 Å². The second-order valence-corrected chi connectivity index (χ2v) is 13.1. The van der Waals surface area contributed by atoms with Gasteiger partial charge in [0.1, 0.15) is 6.04 Å². The van der Waals surface area contributed by atoms with Crippen LogP contribution in [0.4, 0.5) is 17.1 Å². The average Bonchev–Trinajstić information content (AvgIpc) is 3.44. The van der Waals surface area contributed by atoms with Crippen molar-refractivity contribution in [3.63, 3.8) is 0 Å². The van der Waals surface area contributed by atoms with Gasteiger partial charge in [-0.3, -0.25) is 48.8 Å². The van der Waals surface area contributed by atoms with Crippen molar-refractivity contribution < 1.29 is 33.6 Å². The highest BCUT2D eigenvalue weighted by Crippen LogP contribution is 2.34. The maximum atomic E-state index is 13.3. The minimum Gasteiger partial charge on any atom is -0.377 e. The Morgan fingerprint density at radius 1 is 0.873 bits per heavy atom. The van der Waals surface area contributed by atoms with Crippen LogP contribution in [0, 0.1) is 0 Å². The lowest BCUT2D eigenvalue weighted by Crippen LogP contribution is -2.54. The van der Waals surface area contributed by atoms with Crippen LogP contribution in [-0.4, -0.2) is 70.2 Å². The molecule has 4 aromatic carbocycles. The number of amides is 6. The number of para-hydroxylation sites is 1. The highest BCUT2D eigenvalue weighted by molar-refractivity contribution is 6.25. The van der Waals surface area contributed by atoms with Gasteiger partial charge in [-0.25, -0.2) is 0 Å². The second-order valence-electron chi connectivity index (χ2n) is 13.1. The number of ketones is 1. The average molecular weight is 738 g/mol. The predicted octanol–water partition coefficient (Wildman–Crippen LogP) is 4.34. The molecule has 2 aliphatic rings. The molecule has 14 heteroatoms. The number of primary amides is 1. The number of carbonyl (C=O) groups is 7. The van der Waals surface area contributed by atoms with Gasteiger partial charge < -0.3 is 21.7 Å². The number of rotatable bonds is 13. The summed E-state index contributed by atoms with van der Waals surface area (Å²) in [5, 5.41) is 12.0. The maximum absolute atomic E-state index is 13.3. The first kappa shape index (κ1) is 36.2. The van der Waals surface area contributed by atoms with E-state index in [2.05, 4.69) is 26.3 Å². The molecule has 6 N–H and O–H groups in total. The number of nitrogens with zero attached hydrogens (tertiary/aromatic N) is 2. The lowest BCUT2D eigenvalue weighted by Gasteiger charge is -2.27. The molecule has 276 valence electrons. The number of carbonyl (C=O) groups excluding carboxylic acids is 7. The fraction of sp³-hybridized carbons (Fsp3) is 0.171. The van der Waals surface area contributed by atoms with E-state index >= 15 is 0 Å². The Kier molecular flexibility index (Phi) is 10.1. The van der Waals surface area contributed by atoms with E-state index in [1.807, 2.05) is 60.7 Å². The Bertz CT molecular complexity index is 2400. The molecule has 1 atom stereocenters. The molecule has 0 radical (unpaired) electrons. The van der Waals surface area contributed by atoms with E-state index in [-0.39, 0.29) is 66.4 Å². The molecule has 3 heterocycles. The Morgan fingerprint density at radius 3 is 2.38 bits per heavy atom. The van der Waals surface area contributed by atoms with Crippen molar-refractivity contribution in [1.29, 1.82) is 0 Å². The van der Waals surface area contributed by atoms with E-state index in [4.69, 9.17) is 5.73 Å². The zero-order chi connectivity index (χ0) is 38.6. The first-order chi connectivity index (χ1) is 26.6. The molecule has 1 saturated heterocycles. The smallest absolute Gasteiger partial charge is 0.264 e. The summed E-state index contributed by atoms with van der Waals surface area (Å²) in [5.41, 5.74) is 10.5. The minimum absolute atomic E-state index is 0.0119. The molecule has 0 spiro atoms. The van der Waals surface area contributed by atoms with Crippen LogP contribution in [0.25, 0.3) is 22.0 Å². The lowest BCUT2D eigenvalue weighted by molar-refractivity contribution is -0.136. The highest BCUT2D eigenvalue weighted by Gasteiger charge is 2.45. The summed E-state index contributed by atoms with van der Waals surface area (Å²) in [6.45, 7) is 0.127. The van der Waals surface area contributed by atoms with Gasteiger partial charge in [0.25, 0.3) is 23.6 Å². The largest absolute Gasteiger partial charge is 0.377 e. The van der Waals surface area contributed by atoms with Crippen LogP contribution in [0.1, 0.15) is 67.1 Å².